The summed E-state index contributed by atoms with van der Waals surface area (Å²) in [5.41, 5.74) is -0.223. The first kappa shape index (κ1) is 12.5. The van der Waals surface area contributed by atoms with Gasteiger partial charge < -0.3 is 14.7 Å². The summed E-state index contributed by atoms with van der Waals surface area (Å²) in [5.74, 6) is 0.211. The quantitative estimate of drug-likeness (QED) is 0.685. The van der Waals surface area contributed by atoms with E-state index in [-0.39, 0.29) is 24.0 Å². The standard InChI is InChI=1S/C11H21NO3/c1-11(2)9(8-13)7-10(14)12(11)5-4-6-15-3/h9,13H,4-8H2,1-3H3. The Kier molecular flexibility index (Phi) is 4.11. The molecule has 1 aliphatic heterocycles. The fraction of sp³-hybridized carbons (Fsp3) is 0.909. The van der Waals surface area contributed by atoms with Crippen LogP contribution in [0.3, 0.4) is 0 Å². The van der Waals surface area contributed by atoms with Crippen LogP contribution in [0.15, 0.2) is 0 Å². The molecule has 1 aliphatic rings. The molecule has 1 N–H and O–H groups in total. The number of methoxy groups -OCH3 is 1. The van der Waals surface area contributed by atoms with E-state index in [1.165, 1.54) is 0 Å². The first-order valence-electron chi connectivity index (χ1n) is 5.44. The summed E-state index contributed by atoms with van der Waals surface area (Å²) in [6.07, 6.45) is 1.32. The number of rotatable bonds is 5. The molecule has 1 atom stereocenters. The van der Waals surface area contributed by atoms with Crippen molar-refractivity contribution < 1.29 is 14.6 Å². The molecular formula is C11H21NO3. The number of hydrogen-bond donors (Lipinski definition) is 1. The second-order valence-corrected chi connectivity index (χ2v) is 4.63. The number of aliphatic hydroxyl groups is 1. The number of ether oxygens (including phenoxy) is 1. The van der Waals surface area contributed by atoms with Gasteiger partial charge in [-0.15, -0.1) is 0 Å². The van der Waals surface area contributed by atoms with Crippen molar-refractivity contribution in [3.05, 3.63) is 0 Å². The molecule has 0 saturated carbocycles. The molecule has 0 bridgehead atoms. The fourth-order valence-electron chi connectivity index (χ4n) is 2.18. The van der Waals surface area contributed by atoms with Crippen molar-refractivity contribution in [2.24, 2.45) is 5.92 Å². The van der Waals surface area contributed by atoms with Gasteiger partial charge in [-0.05, 0) is 20.3 Å². The van der Waals surface area contributed by atoms with E-state index in [0.717, 1.165) is 13.0 Å². The lowest BCUT2D eigenvalue weighted by molar-refractivity contribution is -0.130. The Morgan fingerprint density at radius 1 is 1.60 bits per heavy atom. The van der Waals surface area contributed by atoms with Crippen molar-refractivity contribution in [3.63, 3.8) is 0 Å². The lowest BCUT2D eigenvalue weighted by Crippen LogP contribution is -2.45. The number of nitrogens with zero attached hydrogens (tertiary/aromatic N) is 1. The maximum atomic E-state index is 11.7. The minimum atomic E-state index is -0.223. The van der Waals surface area contributed by atoms with Crippen LogP contribution >= 0.6 is 0 Å². The van der Waals surface area contributed by atoms with Gasteiger partial charge in [-0.3, -0.25) is 4.79 Å². The third-order valence-corrected chi connectivity index (χ3v) is 3.37. The number of hydrogen-bond acceptors (Lipinski definition) is 3. The van der Waals surface area contributed by atoms with Gasteiger partial charge in [0.25, 0.3) is 0 Å². The third-order valence-electron chi connectivity index (χ3n) is 3.37. The lowest BCUT2D eigenvalue weighted by Gasteiger charge is -2.35. The van der Waals surface area contributed by atoms with Crippen LogP contribution in [0.5, 0.6) is 0 Å². The highest BCUT2D eigenvalue weighted by atomic mass is 16.5. The van der Waals surface area contributed by atoms with E-state index in [1.807, 2.05) is 18.7 Å². The Balaban J connectivity index is 2.58. The summed E-state index contributed by atoms with van der Waals surface area (Å²) in [4.78, 5) is 13.6. The molecule has 4 nitrogen and oxygen atoms in total. The predicted molar refractivity (Wildman–Crippen MR) is 57.5 cm³/mol. The number of amides is 1. The molecule has 1 saturated heterocycles. The molecule has 1 fully saturated rings. The van der Waals surface area contributed by atoms with Crippen LogP contribution in [0.1, 0.15) is 26.7 Å². The van der Waals surface area contributed by atoms with Crippen molar-refractivity contribution in [3.8, 4) is 0 Å². The van der Waals surface area contributed by atoms with Gasteiger partial charge in [0.1, 0.15) is 0 Å². The highest BCUT2D eigenvalue weighted by Crippen LogP contribution is 2.34. The molecule has 0 aliphatic carbocycles. The highest BCUT2D eigenvalue weighted by Gasteiger charge is 2.45. The van der Waals surface area contributed by atoms with Crippen molar-refractivity contribution in [2.75, 3.05) is 26.9 Å². The van der Waals surface area contributed by atoms with E-state index in [0.29, 0.717) is 13.0 Å². The molecule has 88 valence electrons. The Labute approximate surface area is 91.2 Å². The van der Waals surface area contributed by atoms with E-state index in [4.69, 9.17) is 4.74 Å². The summed E-state index contributed by atoms with van der Waals surface area (Å²) in [6.45, 7) is 5.51. The molecule has 4 heteroatoms. The molecular weight excluding hydrogens is 194 g/mol. The zero-order chi connectivity index (χ0) is 11.5. The SMILES string of the molecule is COCCCN1C(=O)CC(CO)C1(C)C. The van der Waals surface area contributed by atoms with Crippen LogP contribution in [-0.2, 0) is 9.53 Å². The molecule has 1 heterocycles. The number of likely N-dealkylation sites (tertiary alicyclic amines) is 1. The van der Waals surface area contributed by atoms with Crippen molar-refractivity contribution >= 4 is 5.91 Å². The zero-order valence-corrected chi connectivity index (χ0v) is 9.82. The van der Waals surface area contributed by atoms with Crippen molar-refractivity contribution in [1.82, 2.24) is 4.90 Å². The second kappa shape index (κ2) is 4.94. The van der Waals surface area contributed by atoms with Gasteiger partial charge in [0.05, 0.1) is 0 Å². The molecule has 15 heavy (non-hydrogen) atoms. The number of carbonyl (C=O) groups excluding carboxylic acids is 1. The molecule has 1 amide bonds. The van der Waals surface area contributed by atoms with Gasteiger partial charge in [0.15, 0.2) is 0 Å². The average molecular weight is 215 g/mol. The van der Waals surface area contributed by atoms with Crippen LogP contribution in [0, 0.1) is 5.92 Å². The van der Waals surface area contributed by atoms with Crippen molar-refractivity contribution in [1.29, 1.82) is 0 Å². The fourth-order valence-corrected chi connectivity index (χ4v) is 2.18. The van der Waals surface area contributed by atoms with E-state index in [1.54, 1.807) is 7.11 Å². The zero-order valence-electron chi connectivity index (χ0n) is 9.82. The lowest BCUT2D eigenvalue weighted by atomic mass is 9.89. The van der Waals surface area contributed by atoms with Gasteiger partial charge in [-0.2, -0.15) is 0 Å². The average Bonchev–Trinajstić information content (AvgIpc) is 2.40. The molecule has 0 radical (unpaired) electrons. The van der Waals surface area contributed by atoms with Gasteiger partial charge in [-0.25, -0.2) is 0 Å². The molecule has 1 unspecified atom stereocenters. The van der Waals surface area contributed by atoms with Crippen LogP contribution in [0.2, 0.25) is 0 Å². The summed E-state index contributed by atoms with van der Waals surface area (Å²) < 4.78 is 4.97. The van der Waals surface area contributed by atoms with Gasteiger partial charge in [0.2, 0.25) is 5.91 Å². The van der Waals surface area contributed by atoms with Crippen molar-refractivity contribution in [2.45, 2.75) is 32.2 Å². The van der Waals surface area contributed by atoms with E-state index in [9.17, 15) is 9.90 Å². The third kappa shape index (κ3) is 2.49. The minimum Gasteiger partial charge on any atom is -0.396 e. The van der Waals surface area contributed by atoms with Crippen LogP contribution in [0.25, 0.3) is 0 Å². The van der Waals surface area contributed by atoms with Gasteiger partial charge >= 0.3 is 0 Å². The van der Waals surface area contributed by atoms with E-state index < -0.39 is 0 Å². The Morgan fingerprint density at radius 2 is 2.27 bits per heavy atom. The van der Waals surface area contributed by atoms with E-state index >= 15 is 0 Å². The van der Waals surface area contributed by atoms with Gasteiger partial charge in [0, 0.05) is 44.7 Å². The topological polar surface area (TPSA) is 49.8 Å². The van der Waals surface area contributed by atoms with Crippen LogP contribution in [0.4, 0.5) is 0 Å². The summed E-state index contributed by atoms with van der Waals surface area (Å²) in [5, 5.41) is 9.21. The van der Waals surface area contributed by atoms with Crippen LogP contribution in [-0.4, -0.2) is 48.3 Å². The largest absolute Gasteiger partial charge is 0.396 e. The maximum absolute atomic E-state index is 11.7. The monoisotopic (exact) mass is 215 g/mol. The summed E-state index contributed by atoms with van der Waals surface area (Å²) in [6, 6.07) is 0. The smallest absolute Gasteiger partial charge is 0.223 e. The molecule has 0 aromatic carbocycles. The second-order valence-electron chi connectivity index (χ2n) is 4.63. The number of carbonyl (C=O) groups is 1. The highest BCUT2D eigenvalue weighted by molar-refractivity contribution is 5.80. The maximum Gasteiger partial charge on any atom is 0.223 e. The molecule has 1 rings (SSSR count). The molecule has 0 aromatic heterocycles. The minimum absolute atomic E-state index is 0.0625. The molecule has 0 aromatic rings. The normalized spacial score (nSPS) is 24.9. The molecule has 0 spiro atoms. The van der Waals surface area contributed by atoms with E-state index in [2.05, 4.69) is 0 Å². The Bertz CT molecular complexity index is 228. The first-order valence-corrected chi connectivity index (χ1v) is 5.44. The first-order chi connectivity index (χ1) is 7.04. The van der Waals surface area contributed by atoms with Gasteiger partial charge in [-0.1, -0.05) is 0 Å². The Morgan fingerprint density at radius 3 is 2.73 bits per heavy atom. The summed E-state index contributed by atoms with van der Waals surface area (Å²) in [7, 11) is 1.66. The summed E-state index contributed by atoms with van der Waals surface area (Å²) >= 11 is 0. The Hall–Kier alpha value is -0.610. The predicted octanol–water partition coefficient (Wildman–Crippen LogP) is 0.642. The number of aliphatic hydroxyl groups excluding tert-OH is 1. The van der Waals surface area contributed by atoms with Crippen LogP contribution < -0.4 is 0 Å².